The van der Waals surface area contributed by atoms with E-state index >= 15 is 0 Å². The van der Waals surface area contributed by atoms with Gasteiger partial charge >= 0.3 is 0 Å². The molecule has 1 aromatic heterocycles. The summed E-state index contributed by atoms with van der Waals surface area (Å²) in [5.41, 5.74) is 5.94. The van der Waals surface area contributed by atoms with Crippen molar-refractivity contribution in [2.24, 2.45) is 17.8 Å². The summed E-state index contributed by atoms with van der Waals surface area (Å²) in [5.74, 6) is 2.65. The number of nitrogens with two attached hydrogens (primary N) is 1. The smallest absolute Gasteiger partial charge is 0.218 e. The maximum Gasteiger partial charge on any atom is 0.218 e. The highest BCUT2D eigenvalue weighted by Gasteiger charge is 2.39. The van der Waals surface area contributed by atoms with E-state index in [0.29, 0.717) is 10.2 Å². The van der Waals surface area contributed by atoms with Crippen LogP contribution in [0.25, 0.3) is 0 Å². The number of aromatic nitrogens is 1. The van der Waals surface area contributed by atoms with Crippen LogP contribution >= 0.6 is 15.9 Å². The van der Waals surface area contributed by atoms with Crippen molar-refractivity contribution in [2.75, 3.05) is 5.73 Å². The van der Waals surface area contributed by atoms with Crippen molar-refractivity contribution in [3.63, 3.8) is 0 Å². The first kappa shape index (κ1) is 11.3. The Kier molecular flexibility index (Phi) is 2.77. The Morgan fingerprint density at radius 2 is 2.18 bits per heavy atom. The predicted octanol–water partition coefficient (Wildman–Crippen LogP) is 2.63. The normalized spacial score (nSPS) is 31.0. The molecular weight excluding hydrogens is 280 g/mol. The molecule has 0 spiro atoms. The topological polar surface area (TPSA) is 48.0 Å². The molecule has 2 aliphatic rings. The molecule has 3 atom stereocenters. The molecule has 3 unspecified atom stereocenters. The Morgan fingerprint density at radius 3 is 2.76 bits per heavy atom. The van der Waals surface area contributed by atoms with Gasteiger partial charge in [-0.3, -0.25) is 4.79 Å². The van der Waals surface area contributed by atoms with Crippen molar-refractivity contribution >= 4 is 21.6 Å². The van der Waals surface area contributed by atoms with E-state index in [1.807, 2.05) is 6.20 Å². The van der Waals surface area contributed by atoms with Gasteiger partial charge in [0.15, 0.2) is 0 Å². The third-order valence-electron chi connectivity index (χ3n) is 4.39. The van der Waals surface area contributed by atoms with Crippen LogP contribution in [-0.2, 0) is 6.54 Å². The van der Waals surface area contributed by atoms with Crippen LogP contribution in [0.5, 0.6) is 0 Å². The standard InChI is InChI=1S/C13H17BrN2O/c14-11-6-16(7-12(15)13(11)17)5-10-4-8-1-2-9(10)3-8/h6-10H,1-5,15H2. The van der Waals surface area contributed by atoms with E-state index < -0.39 is 0 Å². The van der Waals surface area contributed by atoms with Crippen molar-refractivity contribution in [3.05, 3.63) is 27.1 Å². The van der Waals surface area contributed by atoms with Gasteiger partial charge in [0, 0.05) is 18.9 Å². The van der Waals surface area contributed by atoms with Gasteiger partial charge in [0.1, 0.15) is 0 Å². The lowest BCUT2D eigenvalue weighted by atomic mass is 9.89. The Labute approximate surface area is 109 Å². The summed E-state index contributed by atoms with van der Waals surface area (Å²) in [6.45, 7) is 1.00. The number of nitrogens with zero attached hydrogens (tertiary/aromatic N) is 1. The van der Waals surface area contributed by atoms with Gasteiger partial charge in [0.25, 0.3) is 0 Å². The largest absolute Gasteiger partial charge is 0.394 e. The van der Waals surface area contributed by atoms with Gasteiger partial charge in [-0.25, -0.2) is 0 Å². The van der Waals surface area contributed by atoms with Crippen LogP contribution in [-0.4, -0.2) is 4.57 Å². The van der Waals surface area contributed by atoms with Crippen LogP contribution in [0.15, 0.2) is 21.7 Å². The number of pyridine rings is 1. The van der Waals surface area contributed by atoms with Crippen molar-refractivity contribution in [3.8, 4) is 0 Å². The van der Waals surface area contributed by atoms with Crippen LogP contribution in [0.2, 0.25) is 0 Å². The van der Waals surface area contributed by atoms with Gasteiger partial charge in [-0.1, -0.05) is 6.42 Å². The minimum absolute atomic E-state index is 0.103. The van der Waals surface area contributed by atoms with Crippen molar-refractivity contribution in [2.45, 2.75) is 32.2 Å². The number of rotatable bonds is 2. The molecule has 3 nitrogen and oxygen atoms in total. The zero-order chi connectivity index (χ0) is 12.0. The molecule has 2 saturated carbocycles. The fraction of sp³-hybridized carbons (Fsp3) is 0.615. The van der Waals surface area contributed by atoms with Crippen molar-refractivity contribution < 1.29 is 0 Å². The number of anilines is 1. The Balaban J connectivity index is 1.79. The minimum Gasteiger partial charge on any atom is -0.394 e. The predicted molar refractivity (Wildman–Crippen MR) is 71.8 cm³/mol. The molecule has 2 aliphatic carbocycles. The lowest BCUT2D eigenvalue weighted by Crippen LogP contribution is -2.20. The second-order valence-electron chi connectivity index (χ2n) is 5.52. The Bertz CT molecular complexity index is 470. The molecule has 3 rings (SSSR count). The number of hydrogen-bond acceptors (Lipinski definition) is 2. The first-order valence-electron chi connectivity index (χ1n) is 6.28. The Morgan fingerprint density at radius 1 is 1.35 bits per heavy atom. The molecule has 0 amide bonds. The first-order valence-corrected chi connectivity index (χ1v) is 7.08. The van der Waals surface area contributed by atoms with Crippen LogP contribution < -0.4 is 11.2 Å². The van der Waals surface area contributed by atoms with Gasteiger partial charge < -0.3 is 10.3 Å². The monoisotopic (exact) mass is 296 g/mol. The first-order chi connectivity index (χ1) is 8.13. The molecule has 1 heterocycles. The van der Waals surface area contributed by atoms with E-state index in [2.05, 4.69) is 20.5 Å². The molecule has 2 bridgehead atoms. The van der Waals surface area contributed by atoms with Crippen molar-refractivity contribution in [1.82, 2.24) is 4.57 Å². The fourth-order valence-electron chi connectivity index (χ4n) is 3.59. The summed E-state index contributed by atoms with van der Waals surface area (Å²) in [6.07, 6.45) is 9.24. The van der Waals surface area contributed by atoms with Crippen LogP contribution in [0.1, 0.15) is 25.7 Å². The lowest BCUT2D eigenvalue weighted by molar-refractivity contribution is 0.295. The molecule has 4 heteroatoms. The SMILES string of the molecule is Nc1cn(CC2CC3CCC2C3)cc(Br)c1=O. The maximum atomic E-state index is 11.5. The summed E-state index contributed by atoms with van der Waals surface area (Å²) in [7, 11) is 0. The van der Waals surface area contributed by atoms with E-state index in [1.54, 1.807) is 6.20 Å². The quantitative estimate of drug-likeness (QED) is 0.912. The lowest BCUT2D eigenvalue weighted by Gasteiger charge is -2.23. The third kappa shape index (κ3) is 2.03. The van der Waals surface area contributed by atoms with E-state index in [4.69, 9.17) is 5.73 Å². The molecule has 0 saturated heterocycles. The van der Waals surface area contributed by atoms with Gasteiger partial charge in [-0.15, -0.1) is 0 Å². The van der Waals surface area contributed by atoms with E-state index in [0.717, 1.165) is 24.3 Å². The zero-order valence-electron chi connectivity index (χ0n) is 9.73. The third-order valence-corrected chi connectivity index (χ3v) is 4.96. The van der Waals surface area contributed by atoms with Gasteiger partial charge in [-0.2, -0.15) is 0 Å². The second-order valence-corrected chi connectivity index (χ2v) is 6.38. The summed E-state index contributed by atoms with van der Waals surface area (Å²) in [5, 5.41) is 0. The van der Waals surface area contributed by atoms with Gasteiger partial charge in [0.05, 0.1) is 10.2 Å². The highest BCUT2D eigenvalue weighted by atomic mass is 79.9. The highest BCUT2D eigenvalue weighted by molar-refractivity contribution is 9.10. The molecule has 0 aromatic carbocycles. The van der Waals surface area contributed by atoms with Gasteiger partial charge in [-0.05, 0) is 52.9 Å². The van der Waals surface area contributed by atoms with Gasteiger partial charge in [0.2, 0.25) is 5.43 Å². The van der Waals surface area contributed by atoms with E-state index in [9.17, 15) is 4.79 Å². The summed E-state index contributed by atoms with van der Waals surface area (Å²) >= 11 is 3.27. The number of hydrogen-bond donors (Lipinski definition) is 1. The average molecular weight is 297 g/mol. The molecular formula is C13H17BrN2O. The molecule has 2 fully saturated rings. The highest BCUT2D eigenvalue weighted by Crippen LogP contribution is 2.48. The summed E-state index contributed by atoms with van der Waals surface area (Å²) in [4.78, 5) is 11.5. The van der Waals surface area contributed by atoms with Crippen LogP contribution in [0.4, 0.5) is 5.69 Å². The molecule has 17 heavy (non-hydrogen) atoms. The number of halogens is 1. The number of nitrogen functional groups attached to an aromatic ring is 1. The number of fused-ring (bicyclic) bond motifs is 2. The van der Waals surface area contributed by atoms with Crippen molar-refractivity contribution in [1.29, 1.82) is 0 Å². The second kappa shape index (κ2) is 4.16. The molecule has 0 aliphatic heterocycles. The summed E-state index contributed by atoms with van der Waals surface area (Å²) < 4.78 is 2.65. The minimum atomic E-state index is -0.103. The van der Waals surface area contributed by atoms with E-state index in [-0.39, 0.29) is 5.43 Å². The maximum absolute atomic E-state index is 11.5. The van der Waals surface area contributed by atoms with Crippen LogP contribution in [0, 0.1) is 17.8 Å². The zero-order valence-corrected chi connectivity index (χ0v) is 11.3. The molecule has 92 valence electrons. The molecule has 2 N–H and O–H groups in total. The summed E-state index contributed by atoms with van der Waals surface area (Å²) in [6, 6.07) is 0. The van der Waals surface area contributed by atoms with Crippen LogP contribution in [0.3, 0.4) is 0 Å². The Hall–Kier alpha value is -0.770. The average Bonchev–Trinajstić information content (AvgIpc) is 2.87. The molecule has 0 radical (unpaired) electrons. The fourth-order valence-corrected chi connectivity index (χ4v) is 4.08. The molecule has 1 aromatic rings. The van der Waals surface area contributed by atoms with E-state index in [1.165, 1.54) is 25.7 Å².